The van der Waals surface area contributed by atoms with Crippen LogP contribution >= 0.6 is 0 Å². The van der Waals surface area contributed by atoms with Crippen LogP contribution in [0.3, 0.4) is 0 Å². The van der Waals surface area contributed by atoms with Crippen LogP contribution in [0.5, 0.6) is 0 Å². The molecule has 1 saturated heterocycles. The Bertz CT molecular complexity index is 304. The van der Waals surface area contributed by atoms with Gasteiger partial charge < -0.3 is 0 Å². The molecule has 1 heterocycles. The van der Waals surface area contributed by atoms with Crippen LogP contribution < -0.4 is 3.07 Å². The molecule has 2 nitrogen and oxygen atoms in total. The summed E-state index contributed by atoms with van der Waals surface area (Å²) in [5.41, 5.74) is 0.815. The van der Waals surface area contributed by atoms with E-state index in [4.69, 9.17) is 9.47 Å². The fraction of sp³-hybridized carbons (Fsp3) is 0.400. The third-order valence-corrected chi connectivity index (χ3v) is 3.67. The van der Waals surface area contributed by atoms with E-state index in [9.17, 15) is 4.39 Å². The van der Waals surface area contributed by atoms with E-state index in [-0.39, 0.29) is 12.1 Å². The van der Waals surface area contributed by atoms with E-state index in [1.54, 1.807) is 6.07 Å². The Morgan fingerprint density at radius 1 is 1.21 bits per heavy atom. The van der Waals surface area contributed by atoms with E-state index in [1.165, 1.54) is 6.07 Å². The quantitative estimate of drug-likeness (QED) is 0.685. The topological polar surface area (TPSA) is 18.5 Å². The van der Waals surface area contributed by atoms with E-state index in [1.807, 2.05) is 6.07 Å². The Labute approximate surface area is 98.4 Å². The second-order valence-electron chi connectivity index (χ2n) is 3.32. The van der Waals surface area contributed by atoms with Gasteiger partial charge in [-0.15, -0.1) is 0 Å². The Hall–Kier alpha value is 0.00506. The molecule has 14 heavy (non-hydrogen) atoms. The Balaban J connectivity index is 2.21. The molecule has 2 rings (SSSR count). The number of hydrogen-bond donors (Lipinski definition) is 0. The fourth-order valence-corrected chi connectivity index (χ4v) is 3.17. The van der Waals surface area contributed by atoms with Gasteiger partial charge in [-0.1, -0.05) is 0 Å². The molecular weight excluding hydrogens is 372 g/mol. The van der Waals surface area contributed by atoms with Crippen molar-refractivity contribution in [2.45, 2.75) is 12.7 Å². The zero-order valence-electron chi connectivity index (χ0n) is 7.83. The number of rotatable bonds is 1. The maximum absolute atomic E-state index is 13.1. The van der Waals surface area contributed by atoms with Crippen LogP contribution in [0, 0.1) is 5.82 Å². The summed E-state index contributed by atoms with van der Waals surface area (Å²) in [5, 5.41) is 0. The molecule has 0 saturated carbocycles. The molecule has 0 bridgehead atoms. The molecule has 1 aliphatic heterocycles. The molecule has 1 fully saturated rings. The fourth-order valence-electron chi connectivity index (χ4n) is 1.49. The summed E-state index contributed by atoms with van der Waals surface area (Å²) in [7, 11) is 0. The third kappa shape index (κ3) is 2.52. The van der Waals surface area contributed by atoms with Crippen molar-refractivity contribution in [1.29, 1.82) is 0 Å². The van der Waals surface area contributed by atoms with E-state index in [0.29, 0.717) is 39.3 Å². The van der Waals surface area contributed by atoms with Crippen molar-refractivity contribution in [3.05, 3.63) is 29.6 Å². The molecule has 1 aliphatic rings. The van der Waals surface area contributed by atoms with E-state index in [2.05, 4.69) is 0 Å². The van der Waals surface area contributed by atoms with E-state index < -0.39 is 0 Å². The zero-order chi connectivity index (χ0) is 9.97. The number of ether oxygens (including phenoxy) is 2. The molecule has 0 N–H and O–H groups in total. The monoisotopic (exact) mass is 383 g/mol. The van der Waals surface area contributed by atoms with Gasteiger partial charge in [-0.05, 0) is 0 Å². The SMILES string of the molecule is Fc1c[c]([Hg])cc(C2OCCCO2)c1. The number of benzene rings is 1. The van der Waals surface area contributed by atoms with Crippen LogP contribution in [0.25, 0.3) is 0 Å². The summed E-state index contributed by atoms with van der Waals surface area (Å²) in [6.45, 7) is 1.39. The minimum atomic E-state index is -0.359. The first-order valence-electron chi connectivity index (χ1n) is 4.61. The molecule has 0 amide bonds. The average molecular weight is 382 g/mol. The Kier molecular flexibility index (Phi) is 3.52. The summed E-state index contributed by atoms with van der Waals surface area (Å²) in [4.78, 5) is 0. The maximum atomic E-state index is 13.1. The van der Waals surface area contributed by atoms with Gasteiger partial charge in [0.1, 0.15) is 0 Å². The van der Waals surface area contributed by atoms with Crippen LogP contribution in [-0.4, -0.2) is 13.2 Å². The van der Waals surface area contributed by atoms with Gasteiger partial charge in [-0.2, -0.15) is 0 Å². The Morgan fingerprint density at radius 2 is 1.93 bits per heavy atom. The molecule has 0 aromatic heterocycles. The number of hydrogen-bond acceptors (Lipinski definition) is 2. The van der Waals surface area contributed by atoms with Gasteiger partial charge in [0.25, 0.3) is 0 Å². The van der Waals surface area contributed by atoms with Crippen LogP contribution in [0.2, 0.25) is 0 Å². The van der Waals surface area contributed by atoms with Crippen LogP contribution in [0.4, 0.5) is 4.39 Å². The first-order chi connectivity index (χ1) is 6.75. The van der Waals surface area contributed by atoms with E-state index >= 15 is 0 Å². The number of halogens is 1. The normalized spacial score (nSPS) is 18.5. The van der Waals surface area contributed by atoms with Gasteiger partial charge in [0.2, 0.25) is 0 Å². The van der Waals surface area contributed by atoms with Gasteiger partial charge in [-0.25, -0.2) is 0 Å². The van der Waals surface area contributed by atoms with Gasteiger partial charge in [0.05, 0.1) is 0 Å². The minimum absolute atomic E-state index is 0.190. The molecule has 0 atom stereocenters. The zero-order valence-corrected chi connectivity index (χ0v) is 13.3. The molecule has 0 unspecified atom stereocenters. The molecule has 71 valence electrons. The summed E-state index contributed by atoms with van der Waals surface area (Å²) >= 11 is 0.434. The van der Waals surface area contributed by atoms with Gasteiger partial charge in [-0.3, -0.25) is 0 Å². The second-order valence-corrected chi connectivity index (χ2v) is 6.49. The second kappa shape index (κ2) is 4.68. The predicted octanol–water partition coefficient (Wildman–Crippen LogP) is 1.43. The van der Waals surface area contributed by atoms with Crippen molar-refractivity contribution in [1.82, 2.24) is 0 Å². The standard InChI is InChI=1S/C10H10FO2.Hg/c11-9-4-1-3-8(7-9)10-12-5-2-6-13-10;/h3-4,7,10H,2,5-6H2;. The molecular formula is C10H10FHgO2. The van der Waals surface area contributed by atoms with Crippen molar-refractivity contribution < 1.29 is 40.0 Å². The molecule has 1 aromatic rings. The first-order valence-corrected chi connectivity index (χ1v) is 7.36. The van der Waals surface area contributed by atoms with Crippen molar-refractivity contribution in [3.8, 4) is 0 Å². The average Bonchev–Trinajstić information content (AvgIpc) is 2.18. The summed E-state index contributed by atoms with van der Waals surface area (Å²) in [6.07, 6.45) is 0.560. The van der Waals surface area contributed by atoms with Gasteiger partial charge in [0.15, 0.2) is 0 Å². The molecule has 0 spiro atoms. The summed E-state index contributed by atoms with van der Waals surface area (Å²) < 4.78 is 25.0. The predicted molar refractivity (Wildman–Crippen MR) is 45.3 cm³/mol. The van der Waals surface area contributed by atoms with Crippen LogP contribution in [0.15, 0.2) is 18.2 Å². The van der Waals surface area contributed by atoms with Crippen molar-refractivity contribution in [3.63, 3.8) is 0 Å². The molecule has 0 aliphatic carbocycles. The summed E-state index contributed by atoms with van der Waals surface area (Å²) in [6, 6.07) is 5.05. The van der Waals surface area contributed by atoms with Crippen molar-refractivity contribution >= 4 is 3.07 Å². The molecule has 1 aromatic carbocycles. The van der Waals surface area contributed by atoms with Crippen molar-refractivity contribution in [2.24, 2.45) is 0 Å². The molecule has 0 radical (unpaired) electrons. The third-order valence-electron chi connectivity index (χ3n) is 2.08. The van der Waals surface area contributed by atoms with Gasteiger partial charge >= 0.3 is 98.6 Å². The molecule has 4 heteroatoms. The summed E-state index contributed by atoms with van der Waals surface area (Å²) in [5.74, 6) is -0.190. The van der Waals surface area contributed by atoms with Crippen LogP contribution in [-0.2, 0) is 35.6 Å². The van der Waals surface area contributed by atoms with Crippen LogP contribution in [0.1, 0.15) is 18.3 Å². The van der Waals surface area contributed by atoms with E-state index in [0.717, 1.165) is 15.1 Å². The van der Waals surface area contributed by atoms with Crippen molar-refractivity contribution in [2.75, 3.05) is 13.2 Å². The van der Waals surface area contributed by atoms with Gasteiger partial charge in [0, 0.05) is 0 Å². The Morgan fingerprint density at radius 3 is 2.57 bits per heavy atom. The first kappa shape index (κ1) is 10.5.